The fraction of sp³-hybridized carbons (Fsp3) is 0.897. The molecule has 3 N–H and O–H groups in total. The number of aliphatic hydroxyl groups is 2. The molecule has 0 fully saturated rings. The van der Waals surface area contributed by atoms with Crippen LogP contribution in [0.3, 0.4) is 0 Å². The lowest BCUT2D eigenvalue weighted by atomic mass is 10.0. The largest absolute Gasteiger partial charge is 0.466 e. The highest BCUT2D eigenvalue weighted by atomic mass is 16.5. The van der Waals surface area contributed by atoms with Crippen molar-refractivity contribution in [2.24, 2.45) is 0 Å². The summed E-state index contributed by atoms with van der Waals surface area (Å²) in [6.45, 7) is 4.87. The minimum absolute atomic E-state index is 0.00646. The normalized spacial score (nSPS) is 12.8. The molecular weight excluding hydrogens is 791 g/mol. The first-order valence-corrected chi connectivity index (χ1v) is 28.6. The summed E-state index contributed by atoms with van der Waals surface area (Å²) in [5, 5.41) is 23.2. The van der Waals surface area contributed by atoms with Gasteiger partial charge in [0.1, 0.15) is 0 Å². The highest BCUT2D eigenvalue weighted by Gasteiger charge is 2.18. The van der Waals surface area contributed by atoms with E-state index >= 15 is 0 Å². The molecule has 0 aliphatic carbocycles. The Bertz CT molecular complexity index is 997. The third-order valence-corrected chi connectivity index (χ3v) is 13.2. The van der Waals surface area contributed by atoms with E-state index < -0.39 is 12.1 Å². The molecular formula is C58H111NO5. The van der Waals surface area contributed by atoms with E-state index in [4.69, 9.17) is 4.74 Å². The van der Waals surface area contributed by atoms with E-state index in [1.807, 2.05) is 6.08 Å². The van der Waals surface area contributed by atoms with Gasteiger partial charge in [0, 0.05) is 12.8 Å². The number of carbonyl (C=O) groups is 2. The number of hydrogen-bond donors (Lipinski definition) is 3. The average Bonchev–Trinajstić information content (AvgIpc) is 3.29. The van der Waals surface area contributed by atoms with E-state index in [9.17, 15) is 19.8 Å². The van der Waals surface area contributed by atoms with Gasteiger partial charge >= 0.3 is 5.97 Å². The number of amides is 1. The smallest absolute Gasteiger partial charge is 0.305 e. The second-order valence-electron chi connectivity index (χ2n) is 19.6. The summed E-state index contributed by atoms with van der Waals surface area (Å²) in [4.78, 5) is 24.5. The summed E-state index contributed by atoms with van der Waals surface area (Å²) < 4.78 is 5.45. The monoisotopic (exact) mass is 902 g/mol. The van der Waals surface area contributed by atoms with E-state index in [-0.39, 0.29) is 18.5 Å². The molecule has 0 aromatic heterocycles. The highest BCUT2D eigenvalue weighted by Crippen LogP contribution is 2.17. The second kappa shape index (κ2) is 54.0. The molecule has 378 valence electrons. The molecule has 64 heavy (non-hydrogen) atoms. The second-order valence-corrected chi connectivity index (χ2v) is 19.6. The van der Waals surface area contributed by atoms with E-state index in [1.165, 1.54) is 238 Å². The lowest BCUT2D eigenvalue weighted by molar-refractivity contribution is -0.143. The molecule has 2 atom stereocenters. The molecule has 0 aliphatic heterocycles. The van der Waals surface area contributed by atoms with Crippen molar-refractivity contribution in [1.29, 1.82) is 0 Å². The Kier molecular flexibility index (Phi) is 52.6. The van der Waals surface area contributed by atoms with Crippen LogP contribution < -0.4 is 5.32 Å². The van der Waals surface area contributed by atoms with Crippen molar-refractivity contribution in [3.05, 3.63) is 24.3 Å². The third kappa shape index (κ3) is 49.8. The van der Waals surface area contributed by atoms with Gasteiger partial charge in [-0.3, -0.25) is 9.59 Å². The number of rotatable bonds is 53. The van der Waals surface area contributed by atoms with Crippen LogP contribution in [0.5, 0.6) is 0 Å². The Labute approximate surface area is 399 Å². The molecule has 0 bridgehead atoms. The maximum atomic E-state index is 12.5. The Hall–Kier alpha value is -1.66. The van der Waals surface area contributed by atoms with Gasteiger partial charge in [-0.15, -0.1) is 0 Å². The third-order valence-electron chi connectivity index (χ3n) is 13.2. The number of allylic oxidation sites excluding steroid dienone is 3. The van der Waals surface area contributed by atoms with Crippen LogP contribution in [0.25, 0.3) is 0 Å². The molecule has 1 amide bonds. The Morgan fingerprint density at radius 2 is 0.750 bits per heavy atom. The predicted molar refractivity (Wildman–Crippen MR) is 278 cm³/mol. The minimum Gasteiger partial charge on any atom is -0.466 e. The van der Waals surface area contributed by atoms with Gasteiger partial charge in [0.05, 0.1) is 25.4 Å². The SMILES string of the molecule is CCCC/C=C\CCCCCCCC(=O)OCCCCCCCCCCCCCCCCCCCC(=O)NC(CO)C(O)/C=C/CCCCCCCCCCCCCCCCCCC. The minimum atomic E-state index is -0.848. The van der Waals surface area contributed by atoms with Crippen molar-refractivity contribution in [2.45, 2.75) is 321 Å². The number of aliphatic hydroxyl groups excluding tert-OH is 2. The topological polar surface area (TPSA) is 95.9 Å². The van der Waals surface area contributed by atoms with Crippen molar-refractivity contribution in [1.82, 2.24) is 5.32 Å². The van der Waals surface area contributed by atoms with Crippen LogP contribution in [0.15, 0.2) is 24.3 Å². The van der Waals surface area contributed by atoms with E-state index in [0.29, 0.717) is 19.4 Å². The van der Waals surface area contributed by atoms with Gasteiger partial charge < -0.3 is 20.3 Å². The van der Waals surface area contributed by atoms with Gasteiger partial charge in [-0.25, -0.2) is 0 Å². The number of esters is 1. The Balaban J connectivity index is 3.46. The summed E-state index contributed by atoms with van der Waals surface area (Å²) in [5.41, 5.74) is 0. The molecule has 0 aromatic rings. The summed E-state index contributed by atoms with van der Waals surface area (Å²) >= 11 is 0. The van der Waals surface area contributed by atoms with E-state index in [2.05, 4.69) is 31.3 Å². The first kappa shape index (κ1) is 62.3. The van der Waals surface area contributed by atoms with Gasteiger partial charge in [-0.1, -0.05) is 269 Å². The van der Waals surface area contributed by atoms with Gasteiger partial charge in [0.15, 0.2) is 0 Å². The molecule has 6 nitrogen and oxygen atoms in total. The van der Waals surface area contributed by atoms with Crippen molar-refractivity contribution in [3.8, 4) is 0 Å². The quantitative estimate of drug-likeness (QED) is 0.0321. The molecule has 0 radical (unpaired) electrons. The predicted octanol–water partition coefficient (Wildman–Crippen LogP) is 17.5. The van der Waals surface area contributed by atoms with Crippen molar-refractivity contribution < 1.29 is 24.5 Å². The van der Waals surface area contributed by atoms with Gasteiger partial charge in [0.2, 0.25) is 5.91 Å². The molecule has 0 saturated heterocycles. The Morgan fingerprint density at radius 3 is 1.16 bits per heavy atom. The number of carbonyl (C=O) groups excluding carboxylic acids is 2. The zero-order chi connectivity index (χ0) is 46.5. The molecule has 0 aromatic carbocycles. The van der Waals surface area contributed by atoms with E-state index in [0.717, 1.165) is 44.9 Å². The van der Waals surface area contributed by atoms with Gasteiger partial charge in [-0.2, -0.15) is 0 Å². The van der Waals surface area contributed by atoms with Crippen LogP contribution in [-0.2, 0) is 14.3 Å². The van der Waals surface area contributed by atoms with Gasteiger partial charge in [-0.05, 0) is 51.4 Å². The summed E-state index contributed by atoms with van der Waals surface area (Å²) in [7, 11) is 0. The first-order valence-electron chi connectivity index (χ1n) is 28.6. The fourth-order valence-corrected chi connectivity index (χ4v) is 8.79. The maximum absolute atomic E-state index is 12.5. The standard InChI is InChI=1S/C58H111NO5/c1-3-5-7-9-11-13-15-16-17-18-19-21-24-27-31-34-38-42-46-50-56(61)55(54-60)59-57(62)51-47-43-39-35-32-28-25-22-20-23-26-29-33-37-41-45-49-53-64-58(63)52-48-44-40-36-30-14-12-10-8-6-4-2/h10,12,46,50,55-56,60-61H,3-9,11,13-45,47-49,51-54H2,1-2H3,(H,59,62)/b12-10-,50-46+. The highest BCUT2D eigenvalue weighted by molar-refractivity contribution is 5.76. The molecule has 0 saturated carbocycles. The van der Waals surface area contributed by atoms with Crippen LogP contribution >= 0.6 is 0 Å². The van der Waals surface area contributed by atoms with Crippen molar-refractivity contribution in [2.75, 3.05) is 13.2 Å². The molecule has 6 heteroatoms. The molecule has 0 heterocycles. The van der Waals surface area contributed by atoms with Crippen molar-refractivity contribution >= 4 is 11.9 Å². The molecule has 0 aliphatic rings. The lowest BCUT2D eigenvalue weighted by Crippen LogP contribution is -2.45. The Morgan fingerprint density at radius 1 is 0.422 bits per heavy atom. The first-order chi connectivity index (χ1) is 31.5. The summed E-state index contributed by atoms with van der Waals surface area (Å²) in [5.74, 6) is -0.0778. The van der Waals surface area contributed by atoms with Crippen LogP contribution in [0.1, 0.15) is 309 Å². The molecule has 0 rings (SSSR count). The maximum Gasteiger partial charge on any atom is 0.305 e. The zero-order valence-corrected chi connectivity index (χ0v) is 43.0. The number of unbranched alkanes of at least 4 members (excludes halogenated alkanes) is 40. The van der Waals surface area contributed by atoms with Crippen molar-refractivity contribution in [3.63, 3.8) is 0 Å². The molecule has 0 spiro atoms. The van der Waals surface area contributed by atoms with Crippen LogP contribution in [0, 0.1) is 0 Å². The summed E-state index contributed by atoms with van der Waals surface area (Å²) in [6.07, 6.45) is 64.8. The summed E-state index contributed by atoms with van der Waals surface area (Å²) in [6, 6.07) is -0.632. The number of ether oxygens (including phenoxy) is 1. The molecule has 2 unspecified atom stereocenters. The van der Waals surface area contributed by atoms with Crippen LogP contribution in [0.4, 0.5) is 0 Å². The number of nitrogens with one attached hydrogen (secondary N) is 1. The van der Waals surface area contributed by atoms with Crippen LogP contribution in [-0.4, -0.2) is 47.4 Å². The zero-order valence-electron chi connectivity index (χ0n) is 43.0. The fourth-order valence-electron chi connectivity index (χ4n) is 8.79. The van der Waals surface area contributed by atoms with Gasteiger partial charge in [0.25, 0.3) is 0 Å². The lowest BCUT2D eigenvalue weighted by Gasteiger charge is -2.20. The van der Waals surface area contributed by atoms with E-state index in [1.54, 1.807) is 6.08 Å². The van der Waals surface area contributed by atoms with Crippen LogP contribution in [0.2, 0.25) is 0 Å². The average molecular weight is 903 g/mol. The number of hydrogen-bond acceptors (Lipinski definition) is 5.